The summed E-state index contributed by atoms with van der Waals surface area (Å²) in [6, 6.07) is 3.94. The third-order valence-electron chi connectivity index (χ3n) is 3.38. The Hall–Kier alpha value is -0.544. The average Bonchev–Trinajstić information content (AvgIpc) is 2.49. The second-order valence-corrected chi connectivity index (χ2v) is 6.72. The third kappa shape index (κ3) is 10.9. The minimum Gasteiger partial charge on any atom is -0.500 e. The fourth-order valence-electron chi connectivity index (χ4n) is 2.34. The first-order chi connectivity index (χ1) is 11.2. The molecule has 25 heavy (non-hydrogen) atoms. The van der Waals surface area contributed by atoms with E-state index in [0.717, 1.165) is 12.8 Å². The second-order valence-electron chi connectivity index (χ2n) is 6.72. The number of hydrogen-bond acceptors (Lipinski definition) is 5. The van der Waals surface area contributed by atoms with Gasteiger partial charge in [0.2, 0.25) is 0 Å². The van der Waals surface area contributed by atoms with Gasteiger partial charge in [0.05, 0.1) is 7.11 Å². The van der Waals surface area contributed by atoms with Gasteiger partial charge in [-0.1, -0.05) is 32.1 Å². The number of rotatable bonds is 3. The molecule has 4 N–H and O–H groups in total. The average molecular weight is 377 g/mol. The molecule has 0 radical (unpaired) electrons. The molecule has 136 valence electrons. The normalized spacial score (nSPS) is 14.4. The predicted octanol–water partition coefficient (Wildman–Crippen LogP) is 0.895. The van der Waals surface area contributed by atoms with Crippen molar-refractivity contribution in [2.45, 2.75) is 64.5 Å². The quantitative estimate of drug-likeness (QED) is 0.761. The molecule has 1 aromatic heterocycles. The predicted molar refractivity (Wildman–Crippen MR) is 95.5 cm³/mol. The summed E-state index contributed by atoms with van der Waals surface area (Å²) in [4.78, 5) is 14.3. The number of aromatic nitrogens is 1. The number of pyridine rings is 1. The van der Waals surface area contributed by atoms with Crippen LogP contribution in [0.5, 0.6) is 5.88 Å². The molecule has 1 aliphatic carbocycles. The fourth-order valence-corrected chi connectivity index (χ4v) is 2.34. The van der Waals surface area contributed by atoms with Gasteiger partial charge in [-0.3, -0.25) is 0 Å². The molecule has 0 unspecified atom stereocenters. The van der Waals surface area contributed by atoms with Crippen LogP contribution in [-0.4, -0.2) is 29.8 Å². The van der Waals surface area contributed by atoms with E-state index in [1.165, 1.54) is 19.3 Å². The number of hydrogen-bond donors (Lipinski definition) is 2. The number of nitrogen functional groups attached to an aromatic ring is 1. The maximum Gasteiger partial charge on any atom is 1.00 e. The van der Waals surface area contributed by atoms with E-state index in [4.69, 9.17) is 16.2 Å². The number of anilines is 1. The second kappa shape index (κ2) is 12.0. The smallest absolute Gasteiger partial charge is 0.500 e. The number of primary amides is 1. The summed E-state index contributed by atoms with van der Waals surface area (Å²) >= 11 is 0. The van der Waals surface area contributed by atoms with Crippen LogP contribution < -0.4 is 67.6 Å². The summed E-state index contributed by atoms with van der Waals surface area (Å²) in [5.74, 6) is 1.20. The number of nitrogens with zero attached hydrogens (tertiary/aromatic N) is 2. The minimum absolute atomic E-state index is 0. The zero-order chi connectivity index (χ0) is 18.2. The largest absolute Gasteiger partial charge is 1.00 e. The Morgan fingerprint density at radius 3 is 2.28 bits per heavy atom. The standard InChI is InChI=1S/C12H18N3O.C5H11NO2.K/c1-16-11-8-7-10(13)12(15-11)14-9-5-3-2-4-6-9;1-5(2,3)8-4(6)7;/h7-9H,2-6,13H2,1H3;1-3H3,(H2,6,7);/q-1;;+1. The molecule has 1 amide bonds. The Kier molecular flexibility index (Phi) is 11.7. The van der Waals surface area contributed by atoms with Gasteiger partial charge in [-0.2, -0.15) is 0 Å². The van der Waals surface area contributed by atoms with Gasteiger partial charge in [-0.15, -0.1) is 0 Å². The van der Waals surface area contributed by atoms with Crippen LogP contribution in [0.1, 0.15) is 52.9 Å². The van der Waals surface area contributed by atoms with E-state index in [2.05, 4.69) is 15.0 Å². The molecule has 1 aromatic rings. The third-order valence-corrected chi connectivity index (χ3v) is 3.38. The van der Waals surface area contributed by atoms with Gasteiger partial charge in [0.1, 0.15) is 11.5 Å². The maximum atomic E-state index is 10.0. The first kappa shape index (κ1) is 24.5. The first-order valence-electron chi connectivity index (χ1n) is 8.21. The van der Waals surface area contributed by atoms with Crippen LogP contribution in [0, 0.1) is 0 Å². The number of methoxy groups -OCH3 is 1. The van der Waals surface area contributed by atoms with Crippen LogP contribution >= 0.6 is 0 Å². The van der Waals surface area contributed by atoms with Gasteiger partial charge >= 0.3 is 57.5 Å². The van der Waals surface area contributed by atoms with Crippen LogP contribution in [0.3, 0.4) is 0 Å². The van der Waals surface area contributed by atoms with Gasteiger partial charge in [0, 0.05) is 5.69 Å². The van der Waals surface area contributed by atoms with E-state index in [1.807, 2.05) is 0 Å². The number of carbonyl (C=O) groups excluding carboxylic acids is 1. The molecular weight excluding hydrogens is 347 g/mol. The van der Waals surface area contributed by atoms with E-state index in [1.54, 1.807) is 40.0 Å². The summed E-state index contributed by atoms with van der Waals surface area (Å²) in [7, 11) is 1.60. The van der Waals surface area contributed by atoms with Crippen molar-refractivity contribution in [1.82, 2.24) is 4.98 Å². The molecule has 0 spiro atoms. The van der Waals surface area contributed by atoms with Crippen molar-refractivity contribution in [2.75, 3.05) is 12.8 Å². The van der Waals surface area contributed by atoms with Crippen molar-refractivity contribution in [1.29, 1.82) is 0 Å². The van der Waals surface area contributed by atoms with Crippen LogP contribution in [0.4, 0.5) is 16.3 Å². The summed E-state index contributed by atoms with van der Waals surface area (Å²) in [5, 5.41) is 4.61. The molecule has 0 bridgehead atoms. The molecule has 8 heteroatoms. The zero-order valence-corrected chi connectivity index (χ0v) is 19.2. The van der Waals surface area contributed by atoms with Gasteiger partial charge in [0.15, 0.2) is 0 Å². The molecule has 0 atom stereocenters. The van der Waals surface area contributed by atoms with Crippen molar-refractivity contribution in [3.05, 3.63) is 17.4 Å². The van der Waals surface area contributed by atoms with Gasteiger partial charge in [-0.25, -0.2) is 4.79 Å². The number of nitrogens with two attached hydrogens (primary N) is 2. The van der Waals surface area contributed by atoms with Crippen molar-refractivity contribution in [3.63, 3.8) is 0 Å². The summed E-state index contributed by atoms with van der Waals surface area (Å²) in [6.07, 6.45) is 5.43. The van der Waals surface area contributed by atoms with E-state index in [-0.39, 0.29) is 51.4 Å². The van der Waals surface area contributed by atoms with Crippen LogP contribution in [0.2, 0.25) is 0 Å². The molecule has 7 nitrogen and oxygen atoms in total. The monoisotopic (exact) mass is 376 g/mol. The van der Waals surface area contributed by atoms with Gasteiger partial charge in [-0.05, 0) is 44.8 Å². The zero-order valence-electron chi connectivity index (χ0n) is 16.0. The van der Waals surface area contributed by atoms with Crippen LogP contribution in [-0.2, 0) is 4.74 Å². The minimum atomic E-state index is -0.725. The van der Waals surface area contributed by atoms with Crippen LogP contribution in [0.15, 0.2) is 12.1 Å². The van der Waals surface area contributed by atoms with E-state index in [0.29, 0.717) is 23.4 Å². The van der Waals surface area contributed by atoms with E-state index < -0.39 is 11.7 Å². The molecule has 2 rings (SSSR count). The number of amides is 1. The fraction of sp³-hybridized carbons (Fsp3) is 0.647. The van der Waals surface area contributed by atoms with Crippen molar-refractivity contribution < 1.29 is 65.7 Å². The molecule has 1 heterocycles. The number of ether oxygens (including phenoxy) is 2. The molecule has 1 fully saturated rings. The van der Waals surface area contributed by atoms with E-state index in [9.17, 15) is 4.79 Å². The number of carbonyl (C=O) groups is 1. The Morgan fingerprint density at radius 2 is 1.84 bits per heavy atom. The Morgan fingerprint density at radius 1 is 1.24 bits per heavy atom. The Bertz CT molecular complexity index is 529. The maximum absolute atomic E-state index is 10.0. The Labute approximate surface area is 193 Å². The Balaban J connectivity index is 0.000000552. The summed E-state index contributed by atoms with van der Waals surface area (Å²) in [5.41, 5.74) is 10.7. The van der Waals surface area contributed by atoms with Crippen LogP contribution in [0.25, 0.3) is 5.32 Å². The van der Waals surface area contributed by atoms with Crippen molar-refractivity contribution in [3.8, 4) is 5.88 Å². The summed E-state index contributed by atoms with van der Waals surface area (Å²) in [6.45, 7) is 5.28. The topological polar surface area (TPSA) is 115 Å². The molecule has 0 aliphatic heterocycles. The van der Waals surface area contributed by atoms with Gasteiger partial charge in [0.25, 0.3) is 0 Å². The van der Waals surface area contributed by atoms with Crippen molar-refractivity contribution >= 4 is 17.6 Å². The SMILES string of the molecule is CC(C)(C)OC(N)=O.COc1ccc(N)c([N-]C2CCCCC2)n1.[K+]. The molecule has 1 saturated carbocycles. The summed E-state index contributed by atoms with van der Waals surface area (Å²) < 4.78 is 9.65. The van der Waals surface area contributed by atoms with Gasteiger partial charge < -0.3 is 31.2 Å². The molecule has 0 saturated heterocycles. The van der Waals surface area contributed by atoms with Crippen molar-refractivity contribution in [2.24, 2.45) is 5.73 Å². The molecule has 0 aromatic carbocycles. The first-order valence-corrected chi connectivity index (χ1v) is 8.21. The van der Waals surface area contributed by atoms with E-state index >= 15 is 0 Å². The molecule has 1 aliphatic rings. The molecular formula is C17H29KN4O3.